The summed E-state index contributed by atoms with van der Waals surface area (Å²) in [5.74, 6) is 0. The first-order valence-corrected chi connectivity index (χ1v) is 7.91. The van der Waals surface area contributed by atoms with E-state index in [1.807, 2.05) is 0 Å². The topological polar surface area (TPSA) is 55.8 Å². The molecule has 0 aliphatic carbocycles. The molecule has 0 unspecified atom stereocenters. The highest BCUT2D eigenvalue weighted by Crippen LogP contribution is 2.06. The minimum absolute atomic E-state index is 0.323. The highest BCUT2D eigenvalue weighted by atomic mass is 32.1. The van der Waals surface area contributed by atoms with Gasteiger partial charge in [0, 0.05) is 0 Å². The molecule has 20 heavy (non-hydrogen) atoms. The van der Waals surface area contributed by atoms with Crippen molar-refractivity contribution < 1.29 is 19.2 Å². The number of unbranched alkanes of at least 4 members (excludes halogenated alkanes) is 6. The summed E-state index contributed by atoms with van der Waals surface area (Å²) in [5.41, 5.74) is 0. The van der Waals surface area contributed by atoms with Crippen molar-refractivity contribution in [3.8, 4) is 0 Å². The Morgan fingerprint density at radius 3 is 2.10 bits per heavy atom. The Hall–Kier alpha value is -0.910. The van der Waals surface area contributed by atoms with Gasteiger partial charge in [-0.25, -0.2) is 4.79 Å². The van der Waals surface area contributed by atoms with Gasteiger partial charge in [-0.2, -0.15) is 5.06 Å². The first kappa shape index (κ1) is 19.1. The quantitative estimate of drug-likeness (QED) is 0.278. The van der Waals surface area contributed by atoms with Crippen LogP contribution in [0.3, 0.4) is 0 Å². The van der Waals surface area contributed by atoms with Crippen molar-refractivity contribution in [2.24, 2.45) is 0 Å². The van der Waals surface area contributed by atoms with Crippen molar-refractivity contribution in [1.82, 2.24) is 5.06 Å². The summed E-state index contributed by atoms with van der Waals surface area (Å²) in [6.07, 6.45) is 7.23. The van der Waals surface area contributed by atoms with Crippen molar-refractivity contribution in [2.75, 3.05) is 13.2 Å². The fourth-order valence-electron chi connectivity index (χ4n) is 1.66. The number of carbonyl (C=O) groups excluding carboxylic acids is 2. The van der Waals surface area contributed by atoms with Crippen LogP contribution in [0.15, 0.2) is 0 Å². The van der Waals surface area contributed by atoms with Gasteiger partial charge >= 0.3 is 11.4 Å². The molecule has 0 radical (unpaired) electrons. The maximum absolute atomic E-state index is 11.4. The molecule has 0 aliphatic rings. The average molecular weight is 305 g/mol. The molecule has 0 aliphatic heterocycles. The van der Waals surface area contributed by atoms with Crippen LogP contribution in [-0.2, 0) is 9.57 Å². The zero-order valence-electron chi connectivity index (χ0n) is 12.6. The molecule has 5 nitrogen and oxygen atoms in total. The van der Waals surface area contributed by atoms with Crippen LogP contribution < -0.4 is 0 Å². The van der Waals surface area contributed by atoms with Gasteiger partial charge in [-0.15, -0.1) is 0 Å². The molecule has 0 spiro atoms. The van der Waals surface area contributed by atoms with Crippen LogP contribution in [0.4, 0.5) is 9.59 Å². The Bertz CT molecular complexity index is 274. The Balaban J connectivity index is 3.81. The molecule has 0 rings (SSSR count). The van der Waals surface area contributed by atoms with Crippen LogP contribution >= 0.6 is 12.6 Å². The van der Waals surface area contributed by atoms with Gasteiger partial charge in [-0.3, -0.25) is 4.79 Å². The van der Waals surface area contributed by atoms with Crippen LogP contribution in [0, 0.1) is 0 Å². The number of nitrogens with zero attached hydrogens (tertiary/aromatic N) is 1. The number of hydrogen-bond acceptors (Lipinski definition) is 4. The summed E-state index contributed by atoms with van der Waals surface area (Å²) in [6, 6.07) is 0. The second-order valence-electron chi connectivity index (χ2n) is 4.70. The third-order valence-corrected chi connectivity index (χ3v) is 3.05. The van der Waals surface area contributed by atoms with Gasteiger partial charge in [-0.1, -0.05) is 65.0 Å². The molecule has 118 valence electrons. The van der Waals surface area contributed by atoms with E-state index >= 15 is 0 Å². The van der Waals surface area contributed by atoms with E-state index in [9.17, 15) is 9.59 Å². The average Bonchev–Trinajstić information content (AvgIpc) is 2.41. The summed E-state index contributed by atoms with van der Waals surface area (Å²) in [4.78, 5) is 27.5. The number of rotatable bonds is 10. The van der Waals surface area contributed by atoms with E-state index in [1.165, 1.54) is 0 Å². The molecule has 0 aromatic heterocycles. The minimum atomic E-state index is -0.834. The Morgan fingerprint density at radius 1 is 0.950 bits per heavy atom. The van der Waals surface area contributed by atoms with Gasteiger partial charge in [0.25, 0.3) is 0 Å². The van der Waals surface area contributed by atoms with E-state index in [0.717, 1.165) is 56.4 Å². The lowest BCUT2D eigenvalue weighted by atomic mass is 10.2. The van der Waals surface area contributed by atoms with Crippen molar-refractivity contribution in [3.05, 3.63) is 0 Å². The maximum atomic E-state index is 11.4. The molecule has 0 bridgehead atoms. The summed E-state index contributed by atoms with van der Waals surface area (Å²) in [7, 11) is 0. The molecule has 0 saturated heterocycles. The Kier molecular flexibility index (Phi) is 12.5. The standard InChI is InChI=1S/C14H27NO4S/c1-3-5-7-9-11-15(13(16)20)19-14(17)18-12-10-8-6-4-2/h3-12H2,1-2H3,(H,16,20). The van der Waals surface area contributed by atoms with Gasteiger partial charge in [0.05, 0.1) is 13.2 Å². The lowest BCUT2D eigenvalue weighted by Crippen LogP contribution is -2.31. The second-order valence-corrected chi connectivity index (χ2v) is 5.08. The lowest BCUT2D eigenvalue weighted by Gasteiger charge is -2.18. The van der Waals surface area contributed by atoms with Crippen LogP contribution in [0.2, 0.25) is 0 Å². The van der Waals surface area contributed by atoms with Gasteiger partial charge < -0.3 is 9.57 Å². The molecule has 0 aromatic rings. The van der Waals surface area contributed by atoms with Gasteiger partial charge in [-0.05, 0) is 12.8 Å². The zero-order valence-corrected chi connectivity index (χ0v) is 13.5. The number of thiol groups is 1. The predicted molar refractivity (Wildman–Crippen MR) is 81.8 cm³/mol. The highest BCUT2D eigenvalue weighted by Gasteiger charge is 2.16. The van der Waals surface area contributed by atoms with Crippen molar-refractivity contribution in [1.29, 1.82) is 0 Å². The Morgan fingerprint density at radius 2 is 1.55 bits per heavy atom. The van der Waals surface area contributed by atoms with Crippen molar-refractivity contribution in [3.63, 3.8) is 0 Å². The molecule has 0 aromatic carbocycles. The molecule has 0 heterocycles. The van der Waals surface area contributed by atoms with E-state index in [4.69, 9.17) is 9.57 Å². The van der Waals surface area contributed by atoms with Crippen LogP contribution in [0.5, 0.6) is 0 Å². The third-order valence-electron chi connectivity index (χ3n) is 2.83. The van der Waals surface area contributed by atoms with Gasteiger partial charge in [0.1, 0.15) is 0 Å². The molecule has 0 N–H and O–H groups in total. The highest BCUT2D eigenvalue weighted by molar-refractivity contribution is 7.96. The number of hydrogen-bond donors (Lipinski definition) is 1. The fourth-order valence-corrected chi connectivity index (χ4v) is 1.80. The normalized spacial score (nSPS) is 10.2. The second kappa shape index (κ2) is 13.1. The van der Waals surface area contributed by atoms with Crippen LogP contribution in [-0.4, -0.2) is 29.6 Å². The number of carbonyl (C=O) groups is 2. The molecule has 0 atom stereocenters. The monoisotopic (exact) mass is 305 g/mol. The summed E-state index contributed by atoms with van der Waals surface area (Å²) >= 11 is 3.68. The summed E-state index contributed by atoms with van der Waals surface area (Å²) in [5, 5.41) is 0.372. The van der Waals surface area contributed by atoms with Crippen LogP contribution in [0.1, 0.15) is 65.2 Å². The third kappa shape index (κ3) is 11.0. The first-order chi connectivity index (χ1) is 9.61. The van der Waals surface area contributed by atoms with Gasteiger partial charge in [0.15, 0.2) is 0 Å². The maximum Gasteiger partial charge on any atom is 0.533 e. The van der Waals surface area contributed by atoms with Gasteiger partial charge in [0.2, 0.25) is 0 Å². The van der Waals surface area contributed by atoms with E-state index < -0.39 is 11.4 Å². The summed E-state index contributed by atoms with van der Waals surface area (Å²) < 4.78 is 4.91. The number of amides is 1. The molecule has 0 saturated carbocycles. The molecular formula is C14H27NO4S. The van der Waals surface area contributed by atoms with E-state index in [2.05, 4.69) is 26.5 Å². The molecular weight excluding hydrogens is 278 g/mol. The summed E-state index contributed by atoms with van der Waals surface area (Å²) in [6.45, 7) is 4.90. The first-order valence-electron chi connectivity index (χ1n) is 7.47. The molecule has 0 fully saturated rings. The van der Waals surface area contributed by atoms with Crippen molar-refractivity contribution >= 4 is 24.0 Å². The Labute approximate surface area is 127 Å². The number of ether oxygens (including phenoxy) is 1. The number of hydroxylamine groups is 2. The minimum Gasteiger partial charge on any atom is -0.433 e. The molecule has 6 heteroatoms. The van der Waals surface area contributed by atoms with E-state index in [1.54, 1.807) is 0 Å². The largest absolute Gasteiger partial charge is 0.533 e. The van der Waals surface area contributed by atoms with E-state index in [-0.39, 0.29) is 0 Å². The zero-order chi connectivity index (χ0) is 15.2. The SMILES string of the molecule is CCCCCCOC(=O)ON(CCCCCC)C(=O)S. The fraction of sp³-hybridized carbons (Fsp3) is 0.857. The van der Waals surface area contributed by atoms with Crippen molar-refractivity contribution in [2.45, 2.75) is 65.2 Å². The predicted octanol–water partition coefficient (Wildman–Crippen LogP) is 4.57. The van der Waals surface area contributed by atoms with Crippen LogP contribution in [0.25, 0.3) is 0 Å². The lowest BCUT2D eigenvalue weighted by molar-refractivity contribution is -0.0854. The smallest absolute Gasteiger partial charge is 0.433 e. The molecule has 1 amide bonds. The van der Waals surface area contributed by atoms with E-state index in [0.29, 0.717) is 13.2 Å².